The van der Waals surface area contributed by atoms with Crippen molar-refractivity contribution in [3.63, 3.8) is 0 Å². The number of alkyl halides is 1. The number of hydrogen-bond acceptors (Lipinski definition) is 8. The summed E-state index contributed by atoms with van der Waals surface area (Å²) >= 11 is 17.4. The number of rotatable bonds is 5. The summed E-state index contributed by atoms with van der Waals surface area (Å²) in [4.78, 5) is 35.6. The van der Waals surface area contributed by atoms with Crippen molar-refractivity contribution < 1.29 is 90.5 Å². The molecule has 5 aromatic rings. The van der Waals surface area contributed by atoms with Crippen molar-refractivity contribution in [2.24, 2.45) is 0 Å². The molecular weight excluding hydrogens is 642 g/mol. The molecule has 0 aliphatic rings. The quantitative estimate of drug-likeness (QED) is 0.0684. The molecule has 3 heterocycles. The van der Waals surface area contributed by atoms with E-state index in [-0.39, 0.29) is 84.4 Å². The van der Waals surface area contributed by atoms with Crippen LogP contribution in [-0.2, 0) is 16.1 Å². The van der Waals surface area contributed by atoms with E-state index in [0.717, 1.165) is 11.1 Å². The number of halogens is 4. The first-order valence-corrected chi connectivity index (χ1v) is 12.7. The average Bonchev–Trinajstić information content (AvgIpc) is 3.39. The Morgan fingerprint density at radius 3 is 1.98 bits per heavy atom. The summed E-state index contributed by atoms with van der Waals surface area (Å²) in [5.41, 5.74) is 5.80. The molecule has 0 unspecified atom stereocenters. The molecule has 43 heavy (non-hydrogen) atoms. The van der Waals surface area contributed by atoms with Crippen molar-refractivity contribution in [3.8, 4) is 11.5 Å². The number of fused-ring (bicyclic) bond motifs is 1. The molecule has 0 radical (unpaired) electrons. The van der Waals surface area contributed by atoms with Gasteiger partial charge in [0.15, 0.2) is 5.78 Å². The van der Waals surface area contributed by atoms with Gasteiger partial charge in [0.05, 0.1) is 8.52 Å². The minimum atomic E-state index is -1.00. The molecule has 5 rings (SSSR count). The van der Waals surface area contributed by atoms with Crippen molar-refractivity contribution in [2.45, 2.75) is 20.3 Å². The molecule has 216 valence electrons. The third-order valence-corrected chi connectivity index (χ3v) is 5.92. The molecule has 0 spiro atoms. The summed E-state index contributed by atoms with van der Waals surface area (Å²) in [6.45, 7) is 3.84. The van der Waals surface area contributed by atoms with Crippen LogP contribution in [0, 0.1) is 13.8 Å². The van der Waals surface area contributed by atoms with Crippen molar-refractivity contribution in [3.05, 3.63) is 111 Å². The van der Waals surface area contributed by atoms with E-state index in [1.54, 1.807) is 24.3 Å². The van der Waals surface area contributed by atoms with Gasteiger partial charge < -0.3 is 16.0 Å². The van der Waals surface area contributed by atoms with Crippen LogP contribution in [0.15, 0.2) is 77.2 Å². The summed E-state index contributed by atoms with van der Waals surface area (Å²) in [7, 11) is -1.00. The molecule has 0 bridgehead atoms. The fourth-order valence-corrected chi connectivity index (χ4v) is 3.75. The fourth-order valence-electron chi connectivity index (χ4n) is 3.20. The van der Waals surface area contributed by atoms with Gasteiger partial charge in [-0.05, 0) is 49.7 Å². The van der Waals surface area contributed by atoms with Gasteiger partial charge in [-0.1, -0.05) is 88.4 Å². The zero-order valence-electron chi connectivity index (χ0n) is 25.8. The third-order valence-electron chi connectivity index (χ3n) is 5.18. The monoisotopic (exact) mass is 666 g/mol. The first-order chi connectivity index (χ1) is 20.1. The number of benzene rings is 2. The van der Waals surface area contributed by atoms with Gasteiger partial charge in [0.25, 0.3) is 6.47 Å². The topological polar surface area (TPSA) is 118 Å². The smallest absolute Gasteiger partial charge is 1.00 e. The van der Waals surface area contributed by atoms with Crippen LogP contribution >= 0.6 is 34.8 Å². The predicted molar refractivity (Wildman–Crippen MR) is 156 cm³/mol. The second-order valence-corrected chi connectivity index (χ2v) is 9.22. The normalized spacial score (nSPS) is 9.60. The largest absolute Gasteiger partial charge is 1.00 e. The molecule has 8 nitrogen and oxygen atoms in total. The number of carbonyl (C=O) groups is 2. The summed E-state index contributed by atoms with van der Waals surface area (Å²) in [5.74, 6) is 0.579. The molecule has 0 atom stereocenters. The Morgan fingerprint density at radius 1 is 0.930 bits per heavy atom. The van der Waals surface area contributed by atoms with Crippen molar-refractivity contribution >= 4 is 58.3 Å². The first kappa shape index (κ1) is 39.1. The number of hydrogen-bond donors (Lipinski definition) is 0. The first-order valence-electron chi connectivity index (χ1n) is 12.3. The Bertz CT molecular complexity index is 1600. The number of pyridine rings is 2. The Kier molecular flexibility index (Phi) is 19.8. The van der Waals surface area contributed by atoms with Crippen molar-refractivity contribution in [2.75, 3.05) is 7.15 Å². The van der Waals surface area contributed by atoms with Crippen LogP contribution in [0.3, 0.4) is 0 Å². The second kappa shape index (κ2) is 21.8. The number of ketones is 1. The van der Waals surface area contributed by atoms with Crippen LogP contribution in [0.2, 0.25) is 15.5 Å². The van der Waals surface area contributed by atoms with E-state index >= 15 is 0 Å². The van der Waals surface area contributed by atoms with Gasteiger partial charge in [0.1, 0.15) is 21.0 Å². The Hall–Kier alpha value is -1.89. The Labute approximate surface area is 310 Å². The van der Waals surface area contributed by atoms with E-state index < -0.39 is 7.15 Å². The number of oxazole rings is 1. The van der Waals surface area contributed by atoms with Gasteiger partial charge in [-0.15, -0.1) is 0 Å². The standard InChI is InChI=1S/C14H11Cl2NO.C13H9ClN2O.CH3F.CH2O3.2Na.H/c1-9-2-4-10(5-3-9)12(18)8-11-6-7-13(15)17-14(11)16;1-8-2-4-9(5-3-8)12-15-10-6-7-11(14)16-13(10)17-12;1-2;2-1-4-3;;;/h2-7H,8H2,1H3;2-7H,1H3;1H3;1,3H;;;/q;;;;2*+1;-1/p-1/i;;1D;;;;. The van der Waals surface area contributed by atoms with E-state index in [1.165, 1.54) is 5.56 Å². The van der Waals surface area contributed by atoms with Gasteiger partial charge in [-0.3, -0.25) is 14.0 Å². The maximum absolute atomic E-state index is 12.0. The minimum Gasteiger partial charge on any atom is -1.00 e. The second-order valence-electron chi connectivity index (χ2n) is 8.09. The van der Waals surface area contributed by atoms with Crippen LogP contribution in [0.25, 0.3) is 22.7 Å². The molecule has 0 aliphatic carbocycles. The van der Waals surface area contributed by atoms with Gasteiger partial charge in [-0.2, -0.15) is 4.98 Å². The maximum atomic E-state index is 12.0. The van der Waals surface area contributed by atoms with E-state index in [9.17, 15) is 9.18 Å². The third kappa shape index (κ3) is 13.7. The van der Waals surface area contributed by atoms with Crippen LogP contribution in [-0.4, -0.2) is 34.4 Å². The Morgan fingerprint density at radius 2 is 1.44 bits per heavy atom. The van der Waals surface area contributed by atoms with Crippen LogP contribution in [0.5, 0.6) is 0 Å². The summed E-state index contributed by atoms with van der Waals surface area (Å²) < 4.78 is 21.1. The summed E-state index contributed by atoms with van der Waals surface area (Å²) in [6, 6.07) is 22.3. The molecule has 3 aromatic heterocycles. The maximum Gasteiger partial charge on any atom is 1.00 e. The molecule has 0 fully saturated rings. The molecule has 0 N–H and O–H groups in total. The number of nitrogens with zero attached hydrogens (tertiary/aromatic N) is 3. The van der Waals surface area contributed by atoms with Crippen LogP contribution in [0.1, 0.15) is 29.8 Å². The molecule has 0 saturated carbocycles. The fraction of sp³-hybridized carbons (Fsp3) is 0.138. The molecule has 0 aliphatic heterocycles. The van der Waals surface area contributed by atoms with Crippen molar-refractivity contribution in [1.82, 2.24) is 15.0 Å². The van der Waals surface area contributed by atoms with E-state index in [1.807, 2.05) is 62.4 Å². The molecular formula is C29H25Cl3FN3Na2O5. The molecule has 0 saturated heterocycles. The average molecular weight is 668 g/mol. The SMILES string of the molecule is Cc1ccc(-c2nc3ccc(Cl)nc3o2)cc1.Cc1ccc(C(=O)Cc2ccc(Cl)nc2Cl)cc1.O=CO[O-].[2H]CF.[H-].[Na+].[Na+]. The molecule has 14 heteroatoms. The van der Waals surface area contributed by atoms with Crippen LogP contribution in [0.4, 0.5) is 4.39 Å². The van der Waals surface area contributed by atoms with Crippen LogP contribution < -0.4 is 64.4 Å². The number of aryl methyl sites for hydroxylation is 2. The Balaban J connectivity index is 0. The minimum absolute atomic E-state index is 0. The van der Waals surface area contributed by atoms with E-state index in [0.29, 0.717) is 38.6 Å². The number of aromatic nitrogens is 3. The van der Waals surface area contributed by atoms with Gasteiger partial charge in [-0.25, -0.2) is 9.97 Å². The number of Topliss-reactive ketones (excluding diaryl/α,β-unsaturated/α-hetero) is 1. The van der Waals surface area contributed by atoms with Gasteiger partial charge in [0.2, 0.25) is 11.6 Å². The van der Waals surface area contributed by atoms with E-state index in [2.05, 4.69) is 19.8 Å². The van der Waals surface area contributed by atoms with Gasteiger partial charge >= 0.3 is 59.1 Å². The zero-order valence-corrected chi connectivity index (χ0v) is 30.1. The number of carbonyl (C=O) groups excluding carboxylic acids is 2. The van der Waals surface area contributed by atoms with Crippen molar-refractivity contribution in [1.29, 1.82) is 0 Å². The zero-order chi connectivity index (χ0) is 31.1. The van der Waals surface area contributed by atoms with Gasteiger partial charge in [0, 0.05) is 17.5 Å². The summed E-state index contributed by atoms with van der Waals surface area (Å²) in [5, 5.41) is 9.44. The molecule has 0 amide bonds. The summed E-state index contributed by atoms with van der Waals surface area (Å²) in [6.07, 6.45) is 0.228. The molecule has 2 aromatic carbocycles. The predicted octanol–water partition coefficient (Wildman–Crippen LogP) is 1.11. The van der Waals surface area contributed by atoms with E-state index in [4.69, 9.17) is 50.6 Å².